The Labute approximate surface area is 124 Å². The molecule has 0 bridgehead atoms. The second-order valence-corrected chi connectivity index (χ2v) is 6.00. The number of benzene rings is 1. The predicted octanol–water partition coefficient (Wildman–Crippen LogP) is 4.52. The largest absolute Gasteiger partial charge is 0.369 e. The minimum absolute atomic E-state index is 0.446. The lowest BCUT2D eigenvalue weighted by Crippen LogP contribution is -2.39. The molecule has 1 saturated heterocycles. The Bertz CT molecular complexity index is 383. The van der Waals surface area contributed by atoms with E-state index in [0.29, 0.717) is 6.04 Å². The molecule has 1 aromatic carbocycles. The van der Waals surface area contributed by atoms with Crippen LogP contribution < -0.4 is 10.2 Å². The minimum atomic E-state index is 0.446. The van der Waals surface area contributed by atoms with Crippen LogP contribution in [-0.2, 0) is 0 Å². The molecule has 1 aliphatic heterocycles. The van der Waals surface area contributed by atoms with Crippen molar-refractivity contribution in [2.75, 3.05) is 18.0 Å². The van der Waals surface area contributed by atoms with Gasteiger partial charge < -0.3 is 10.2 Å². The molecule has 0 amide bonds. The van der Waals surface area contributed by atoms with E-state index in [1.54, 1.807) is 0 Å². The van der Waals surface area contributed by atoms with Gasteiger partial charge in [0.2, 0.25) is 0 Å². The number of hydrogen-bond acceptors (Lipinski definition) is 2. The van der Waals surface area contributed by atoms with Gasteiger partial charge in [-0.3, -0.25) is 0 Å². The molecule has 0 radical (unpaired) electrons. The highest BCUT2D eigenvalue weighted by molar-refractivity contribution is 5.49. The van der Waals surface area contributed by atoms with Crippen molar-refractivity contribution in [1.82, 2.24) is 5.32 Å². The standard InChI is InChI=1S/C18H30N2/c1-4-8-17-9-6-7-14-20(17)18-12-10-16(11-13-18)15(3)19-5-2/h10-13,15,17,19H,4-9,14H2,1-3H3. The first-order valence-electron chi connectivity index (χ1n) is 8.36. The molecule has 2 nitrogen and oxygen atoms in total. The summed E-state index contributed by atoms with van der Waals surface area (Å²) >= 11 is 0. The summed E-state index contributed by atoms with van der Waals surface area (Å²) in [4.78, 5) is 2.63. The molecule has 2 atom stereocenters. The molecule has 0 saturated carbocycles. The van der Waals surface area contributed by atoms with Crippen molar-refractivity contribution in [3.05, 3.63) is 29.8 Å². The molecule has 20 heavy (non-hydrogen) atoms. The van der Waals surface area contributed by atoms with Crippen LogP contribution in [0.2, 0.25) is 0 Å². The SMILES string of the molecule is CCCC1CCCCN1c1ccc(C(C)NCC)cc1. The molecule has 2 unspecified atom stereocenters. The molecule has 1 heterocycles. The molecule has 0 aliphatic carbocycles. The van der Waals surface area contributed by atoms with Gasteiger partial charge in [0.1, 0.15) is 0 Å². The fourth-order valence-corrected chi connectivity index (χ4v) is 3.35. The molecule has 0 aromatic heterocycles. The van der Waals surface area contributed by atoms with Gasteiger partial charge in [-0.2, -0.15) is 0 Å². The van der Waals surface area contributed by atoms with E-state index < -0.39 is 0 Å². The van der Waals surface area contributed by atoms with Crippen molar-refractivity contribution < 1.29 is 0 Å². The van der Waals surface area contributed by atoms with E-state index in [2.05, 4.69) is 55.3 Å². The maximum absolute atomic E-state index is 3.48. The van der Waals surface area contributed by atoms with E-state index in [-0.39, 0.29) is 0 Å². The van der Waals surface area contributed by atoms with Crippen molar-refractivity contribution >= 4 is 5.69 Å². The first-order chi connectivity index (χ1) is 9.76. The van der Waals surface area contributed by atoms with Crippen LogP contribution >= 0.6 is 0 Å². The van der Waals surface area contributed by atoms with Gasteiger partial charge >= 0.3 is 0 Å². The Morgan fingerprint density at radius 3 is 2.60 bits per heavy atom. The Kier molecular flexibility index (Phi) is 5.90. The number of hydrogen-bond donors (Lipinski definition) is 1. The molecule has 2 rings (SSSR count). The number of rotatable bonds is 6. The third-order valence-electron chi connectivity index (χ3n) is 4.48. The fourth-order valence-electron chi connectivity index (χ4n) is 3.35. The summed E-state index contributed by atoms with van der Waals surface area (Å²) in [5, 5.41) is 3.48. The monoisotopic (exact) mass is 274 g/mol. The van der Waals surface area contributed by atoms with E-state index >= 15 is 0 Å². The highest BCUT2D eigenvalue weighted by Crippen LogP contribution is 2.28. The van der Waals surface area contributed by atoms with Gasteiger partial charge in [-0.25, -0.2) is 0 Å². The normalized spacial score (nSPS) is 20.9. The van der Waals surface area contributed by atoms with E-state index in [0.717, 1.165) is 12.6 Å². The summed E-state index contributed by atoms with van der Waals surface area (Å²) in [6.07, 6.45) is 6.72. The second-order valence-electron chi connectivity index (χ2n) is 6.00. The van der Waals surface area contributed by atoms with Crippen molar-refractivity contribution in [2.45, 2.75) is 65.0 Å². The predicted molar refractivity (Wildman–Crippen MR) is 88.4 cm³/mol. The minimum Gasteiger partial charge on any atom is -0.369 e. The number of nitrogens with one attached hydrogen (secondary N) is 1. The smallest absolute Gasteiger partial charge is 0.0368 e. The van der Waals surface area contributed by atoms with Gasteiger partial charge in [0, 0.05) is 24.3 Å². The van der Waals surface area contributed by atoms with Crippen LogP contribution in [0.5, 0.6) is 0 Å². The third kappa shape index (κ3) is 3.76. The molecule has 1 N–H and O–H groups in total. The average molecular weight is 274 g/mol. The maximum Gasteiger partial charge on any atom is 0.0368 e. The van der Waals surface area contributed by atoms with Gasteiger partial charge in [-0.15, -0.1) is 0 Å². The molecule has 1 fully saturated rings. The lowest BCUT2D eigenvalue weighted by molar-refractivity contribution is 0.434. The van der Waals surface area contributed by atoms with Crippen molar-refractivity contribution in [3.63, 3.8) is 0 Å². The van der Waals surface area contributed by atoms with Gasteiger partial charge in [0.05, 0.1) is 0 Å². The van der Waals surface area contributed by atoms with Crippen LogP contribution in [0.15, 0.2) is 24.3 Å². The zero-order valence-corrected chi connectivity index (χ0v) is 13.4. The quantitative estimate of drug-likeness (QED) is 0.820. The van der Waals surface area contributed by atoms with Crippen LogP contribution in [0.25, 0.3) is 0 Å². The summed E-state index contributed by atoms with van der Waals surface area (Å²) in [6, 6.07) is 10.4. The first-order valence-corrected chi connectivity index (χ1v) is 8.36. The zero-order chi connectivity index (χ0) is 14.4. The van der Waals surface area contributed by atoms with Crippen LogP contribution in [0.1, 0.15) is 64.5 Å². The molecular formula is C18H30N2. The van der Waals surface area contributed by atoms with E-state index in [1.807, 2.05) is 0 Å². The van der Waals surface area contributed by atoms with Crippen LogP contribution in [0, 0.1) is 0 Å². The van der Waals surface area contributed by atoms with Crippen LogP contribution in [0.3, 0.4) is 0 Å². The molecule has 112 valence electrons. The van der Waals surface area contributed by atoms with E-state index in [9.17, 15) is 0 Å². The molecule has 1 aromatic rings. The highest BCUT2D eigenvalue weighted by atomic mass is 15.2. The topological polar surface area (TPSA) is 15.3 Å². The van der Waals surface area contributed by atoms with Crippen molar-refractivity contribution in [2.24, 2.45) is 0 Å². The van der Waals surface area contributed by atoms with E-state index in [4.69, 9.17) is 0 Å². The second kappa shape index (κ2) is 7.68. The molecule has 2 heteroatoms. The van der Waals surface area contributed by atoms with Crippen molar-refractivity contribution in [1.29, 1.82) is 0 Å². The lowest BCUT2D eigenvalue weighted by atomic mass is 9.97. The van der Waals surface area contributed by atoms with Crippen LogP contribution in [0.4, 0.5) is 5.69 Å². The fraction of sp³-hybridized carbons (Fsp3) is 0.667. The summed E-state index contributed by atoms with van der Waals surface area (Å²) in [5.41, 5.74) is 2.80. The van der Waals surface area contributed by atoms with Gasteiger partial charge in [-0.05, 0) is 56.8 Å². The summed E-state index contributed by atoms with van der Waals surface area (Å²) in [5.74, 6) is 0. The lowest BCUT2D eigenvalue weighted by Gasteiger charge is -2.37. The van der Waals surface area contributed by atoms with Crippen LogP contribution in [-0.4, -0.2) is 19.1 Å². The summed E-state index contributed by atoms with van der Waals surface area (Å²) in [7, 11) is 0. The molecule has 1 aliphatic rings. The Morgan fingerprint density at radius 1 is 1.20 bits per heavy atom. The number of piperidine rings is 1. The van der Waals surface area contributed by atoms with E-state index in [1.165, 1.54) is 49.9 Å². The van der Waals surface area contributed by atoms with Crippen molar-refractivity contribution in [3.8, 4) is 0 Å². The average Bonchev–Trinajstić information content (AvgIpc) is 2.49. The zero-order valence-electron chi connectivity index (χ0n) is 13.4. The highest BCUT2D eigenvalue weighted by Gasteiger charge is 2.21. The molecular weight excluding hydrogens is 244 g/mol. The van der Waals surface area contributed by atoms with Gasteiger partial charge in [-0.1, -0.05) is 32.4 Å². The number of nitrogens with zero attached hydrogens (tertiary/aromatic N) is 1. The summed E-state index contributed by atoms with van der Waals surface area (Å²) in [6.45, 7) is 8.95. The first kappa shape index (κ1) is 15.4. The van der Waals surface area contributed by atoms with Gasteiger partial charge in [0.25, 0.3) is 0 Å². The Balaban J connectivity index is 2.07. The Hall–Kier alpha value is -1.02. The van der Waals surface area contributed by atoms with Gasteiger partial charge in [0.15, 0.2) is 0 Å². The Morgan fingerprint density at radius 2 is 1.95 bits per heavy atom. The third-order valence-corrected chi connectivity index (χ3v) is 4.48. The molecule has 0 spiro atoms. The summed E-state index contributed by atoms with van der Waals surface area (Å²) < 4.78 is 0. The maximum atomic E-state index is 3.48. The number of anilines is 1.